The molecule has 2 aromatic rings. The van der Waals surface area contributed by atoms with Gasteiger partial charge >= 0.3 is 0 Å². The van der Waals surface area contributed by atoms with Gasteiger partial charge in [0.2, 0.25) is 0 Å². The molecular formula is C24H32N6OS. The molecule has 0 radical (unpaired) electrons. The first kappa shape index (κ1) is 22.7. The van der Waals surface area contributed by atoms with Gasteiger partial charge in [-0.25, -0.2) is 0 Å². The largest absolute Gasteiger partial charge is 0.369 e. The first-order chi connectivity index (χ1) is 15.7. The van der Waals surface area contributed by atoms with Crippen molar-refractivity contribution in [3.63, 3.8) is 0 Å². The van der Waals surface area contributed by atoms with Gasteiger partial charge in [-0.1, -0.05) is 12.1 Å². The Labute approximate surface area is 192 Å². The number of nitrogens with one attached hydrogen (secondary N) is 2. The fraction of sp³-hybridized carbons (Fsp3) is 0.542. The van der Waals surface area contributed by atoms with Crippen molar-refractivity contribution in [2.75, 3.05) is 25.9 Å². The van der Waals surface area contributed by atoms with Crippen molar-refractivity contribution in [3.8, 4) is 6.07 Å². The highest BCUT2D eigenvalue weighted by Gasteiger charge is 2.29. The number of hydrogen-bond acceptors (Lipinski definition) is 5. The fourth-order valence-electron chi connectivity index (χ4n) is 4.97. The third kappa shape index (κ3) is 5.28. The van der Waals surface area contributed by atoms with E-state index in [4.69, 9.17) is 5.10 Å². The SMILES string of the molecule is CN=CNC(c1cnn(C2CCC(C[S@](=O)c3ccccc3C#N)CC2)c1)C1CCNC1. The molecule has 2 aliphatic rings. The number of nitriles is 1. The highest BCUT2D eigenvalue weighted by Crippen LogP contribution is 2.34. The second-order valence-electron chi connectivity index (χ2n) is 8.83. The first-order valence-electron chi connectivity index (χ1n) is 11.5. The van der Waals surface area contributed by atoms with Gasteiger partial charge in [0.15, 0.2) is 0 Å². The predicted molar refractivity (Wildman–Crippen MR) is 127 cm³/mol. The average molecular weight is 453 g/mol. The van der Waals surface area contributed by atoms with Crippen LogP contribution in [0.4, 0.5) is 0 Å². The molecule has 32 heavy (non-hydrogen) atoms. The van der Waals surface area contributed by atoms with Crippen molar-refractivity contribution in [1.82, 2.24) is 20.4 Å². The maximum absolute atomic E-state index is 12.9. The van der Waals surface area contributed by atoms with E-state index < -0.39 is 10.8 Å². The molecule has 2 N–H and O–H groups in total. The Balaban J connectivity index is 1.35. The number of benzene rings is 1. The van der Waals surface area contributed by atoms with Gasteiger partial charge in [0.25, 0.3) is 0 Å². The summed E-state index contributed by atoms with van der Waals surface area (Å²) >= 11 is 0. The van der Waals surface area contributed by atoms with E-state index in [1.165, 1.54) is 5.56 Å². The van der Waals surface area contributed by atoms with E-state index in [0.717, 1.165) is 45.2 Å². The molecule has 2 fully saturated rings. The molecule has 0 spiro atoms. The minimum atomic E-state index is -1.13. The predicted octanol–water partition coefficient (Wildman–Crippen LogP) is 3.19. The normalized spacial score (nSPS) is 25.4. The van der Waals surface area contributed by atoms with E-state index in [-0.39, 0.29) is 6.04 Å². The molecule has 1 aliphatic heterocycles. The quantitative estimate of drug-likeness (QED) is 0.474. The van der Waals surface area contributed by atoms with E-state index in [2.05, 4.69) is 32.6 Å². The van der Waals surface area contributed by atoms with Crippen LogP contribution < -0.4 is 10.6 Å². The maximum atomic E-state index is 12.9. The molecule has 1 aromatic carbocycles. The zero-order valence-electron chi connectivity index (χ0n) is 18.6. The Kier molecular flexibility index (Phi) is 7.72. The first-order valence-corrected chi connectivity index (χ1v) is 12.8. The van der Waals surface area contributed by atoms with Crippen LogP contribution in [-0.4, -0.2) is 46.2 Å². The topological polar surface area (TPSA) is 95.1 Å². The third-order valence-corrected chi connectivity index (χ3v) is 8.38. The molecule has 1 aliphatic carbocycles. The van der Waals surface area contributed by atoms with Gasteiger partial charge in [0.1, 0.15) is 6.07 Å². The molecule has 7 nitrogen and oxygen atoms in total. The molecular weight excluding hydrogens is 420 g/mol. The second kappa shape index (κ2) is 10.9. The van der Waals surface area contributed by atoms with Crippen LogP contribution in [0.1, 0.15) is 55.3 Å². The molecule has 1 saturated heterocycles. The van der Waals surface area contributed by atoms with Crippen molar-refractivity contribution in [2.45, 2.75) is 49.1 Å². The molecule has 170 valence electrons. The van der Waals surface area contributed by atoms with Crippen LogP contribution in [0.3, 0.4) is 0 Å². The zero-order chi connectivity index (χ0) is 22.3. The van der Waals surface area contributed by atoms with Crippen molar-refractivity contribution >= 4 is 17.1 Å². The molecule has 0 amide bonds. The molecule has 2 unspecified atom stereocenters. The minimum Gasteiger partial charge on any atom is -0.369 e. The van der Waals surface area contributed by atoms with Crippen LogP contribution in [0.25, 0.3) is 0 Å². The summed E-state index contributed by atoms with van der Waals surface area (Å²) in [6.45, 7) is 2.07. The highest BCUT2D eigenvalue weighted by molar-refractivity contribution is 7.85. The molecule has 0 bridgehead atoms. The number of aliphatic imine (C=N–C) groups is 1. The lowest BCUT2D eigenvalue weighted by atomic mass is 9.87. The van der Waals surface area contributed by atoms with Crippen LogP contribution >= 0.6 is 0 Å². The Hall–Kier alpha value is -2.50. The zero-order valence-corrected chi connectivity index (χ0v) is 19.4. The van der Waals surface area contributed by atoms with Gasteiger partial charge in [0, 0.05) is 31.1 Å². The van der Waals surface area contributed by atoms with E-state index in [1.807, 2.05) is 24.4 Å². The van der Waals surface area contributed by atoms with E-state index >= 15 is 0 Å². The Morgan fingerprint density at radius 1 is 1.34 bits per heavy atom. The van der Waals surface area contributed by atoms with Crippen molar-refractivity contribution in [2.24, 2.45) is 16.8 Å². The summed E-state index contributed by atoms with van der Waals surface area (Å²) in [5, 5.41) is 20.9. The lowest BCUT2D eigenvalue weighted by Crippen LogP contribution is -2.28. The van der Waals surface area contributed by atoms with Crippen LogP contribution in [0, 0.1) is 23.2 Å². The number of nitrogens with zero attached hydrogens (tertiary/aromatic N) is 4. The van der Waals surface area contributed by atoms with Gasteiger partial charge in [0.05, 0.1) is 45.9 Å². The molecule has 1 saturated carbocycles. The maximum Gasteiger partial charge on any atom is 0.100 e. The molecule has 2 heterocycles. The number of aromatic nitrogens is 2. The van der Waals surface area contributed by atoms with Gasteiger partial charge in [-0.2, -0.15) is 10.4 Å². The van der Waals surface area contributed by atoms with Crippen LogP contribution in [0.5, 0.6) is 0 Å². The Morgan fingerprint density at radius 3 is 2.88 bits per heavy atom. The average Bonchev–Trinajstić information content (AvgIpc) is 3.53. The van der Waals surface area contributed by atoms with Crippen molar-refractivity contribution in [1.29, 1.82) is 5.26 Å². The van der Waals surface area contributed by atoms with E-state index in [0.29, 0.717) is 34.1 Å². The summed E-state index contributed by atoms with van der Waals surface area (Å²) in [7, 11) is 0.656. The third-order valence-electron chi connectivity index (χ3n) is 6.76. The monoisotopic (exact) mass is 452 g/mol. The van der Waals surface area contributed by atoms with Gasteiger partial charge in [-0.15, -0.1) is 0 Å². The lowest BCUT2D eigenvalue weighted by Gasteiger charge is -2.28. The second-order valence-corrected chi connectivity index (χ2v) is 10.3. The highest BCUT2D eigenvalue weighted by atomic mass is 32.2. The summed E-state index contributed by atoms with van der Waals surface area (Å²) in [4.78, 5) is 4.78. The minimum absolute atomic E-state index is 0.224. The van der Waals surface area contributed by atoms with Crippen molar-refractivity contribution < 1.29 is 4.21 Å². The van der Waals surface area contributed by atoms with Gasteiger partial charge < -0.3 is 10.6 Å². The van der Waals surface area contributed by atoms with Gasteiger partial charge in [-0.05, 0) is 62.6 Å². The molecule has 4 rings (SSSR count). The summed E-state index contributed by atoms with van der Waals surface area (Å²) in [6, 6.07) is 10.0. The summed E-state index contributed by atoms with van der Waals surface area (Å²) in [6.07, 6.45) is 11.3. The summed E-state index contributed by atoms with van der Waals surface area (Å²) in [5.41, 5.74) is 1.74. The smallest absolute Gasteiger partial charge is 0.100 e. The Bertz CT molecular complexity index is 982. The van der Waals surface area contributed by atoms with E-state index in [9.17, 15) is 9.47 Å². The van der Waals surface area contributed by atoms with E-state index in [1.54, 1.807) is 19.5 Å². The molecule has 8 heteroatoms. The summed E-state index contributed by atoms with van der Waals surface area (Å²) < 4.78 is 15.0. The molecule has 1 aromatic heterocycles. The fourth-order valence-corrected chi connectivity index (χ4v) is 6.50. The lowest BCUT2D eigenvalue weighted by molar-refractivity contribution is 0.275. The van der Waals surface area contributed by atoms with Crippen LogP contribution in [-0.2, 0) is 10.8 Å². The Morgan fingerprint density at radius 2 is 2.16 bits per heavy atom. The van der Waals surface area contributed by atoms with Crippen LogP contribution in [0.2, 0.25) is 0 Å². The summed E-state index contributed by atoms with van der Waals surface area (Å²) in [5.74, 6) is 1.59. The standard InChI is InChI=1S/C24H32N6OS/c1-26-17-28-24(20-10-11-27-13-20)21-14-29-30(15-21)22-8-6-18(7-9-22)16-32(31)23-5-3-2-4-19(23)12-25/h2-5,14-15,17-18,20,22,24,27H,6-11,13,16H2,1H3,(H,26,28)/t18?,20?,22?,24?,32-/m0/s1. The van der Waals surface area contributed by atoms with Crippen molar-refractivity contribution in [3.05, 3.63) is 47.8 Å². The number of hydrogen-bond donors (Lipinski definition) is 2. The van der Waals surface area contributed by atoms with Gasteiger partial charge in [-0.3, -0.25) is 13.9 Å². The number of rotatable bonds is 8. The van der Waals surface area contributed by atoms with Crippen LogP contribution in [0.15, 0.2) is 46.5 Å². The molecule has 3 atom stereocenters.